The van der Waals surface area contributed by atoms with Crippen molar-refractivity contribution in [1.29, 1.82) is 0 Å². The molecule has 2 aromatic carbocycles. The van der Waals surface area contributed by atoms with Gasteiger partial charge in [0, 0.05) is 48.9 Å². The number of fused-ring (bicyclic) bond motifs is 1. The highest BCUT2D eigenvalue weighted by Gasteiger charge is 2.31. The molecule has 0 bridgehead atoms. The van der Waals surface area contributed by atoms with Gasteiger partial charge in [-0.2, -0.15) is 0 Å². The highest BCUT2D eigenvalue weighted by atomic mass is 19.1. The number of anilines is 1. The fourth-order valence-electron chi connectivity index (χ4n) is 4.99. The Morgan fingerprint density at radius 2 is 1.97 bits per heavy atom. The number of hydrogen-bond donors (Lipinski definition) is 1. The maximum Gasteiger partial charge on any atom is 0.219 e. The maximum atomic E-state index is 15.7. The first kappa shape index (κ1) is 24.9. The van der Waals surface area contributed by atoms with E-state index in [-0.39, 0.29) is 23.6 Å². The minimum Gasteiger partial charge on any atom is -0.493 e. The zero-order chi connectivity index (χ0) is 25.1. The van der Waals surface area contributed by atoms with Gasteiger partial charge in [-0.3, -0.25) is 9.79 Å². The maximum absolute atomic E-state index is 15.7. The molecule has 2 aliphatic rings. The van der Waals surface area contributed by atoms with Crippen molar-refractivity contribution >= 4 is 17.3 Å². The molecule has 8 heteroatoms. The number of aliphatic imine (C=N–C) groups is 1. The molecule has 4 rings (SSSR count). The third-order valence-corrected chi connectivity index (χ3v) is 7.03. The van der Waals surface area contributed by atoms with Crippen molar-refractivity contribution in [3.63, 3.8) is 0 Å². The number of amides is 1. The van der Waals surface area contributed by atoms with E-state index in [0.29, 0.717) is 61.4 Å². The first-order valence-corrected chi connectivity index (χ1v) is 12.1. The van der Waals surface area contributed by atoms with Crippen LogP contribution in [-0.4, -0.2) is 58.2 Å². The normalized spacial score (nSPS) is 21.7. The lowest BCUT2D eigenvalue weighted by Crippen LogP contribution is -2.23. The van der Waals surface area contributed by atoms with Crippen LogP contribution >= 0.6 is 0 Å². The Balaban J connectivity index is 1.79. The summed E-state index contributed by atoms with van der Waals surface area (Å²) in [7, 11) is 4.52. The number of carbonyl (C=O) groups excluding carboxylic acids is 1. The molecule has 1 amide bonds. The van der Waals surface area contributed by atoms with E-state index in [1.54, 1.807) is 13.1 Å². The molecule has 1 saturated heterocycles. The van der Waals surface area contributed by atoms with Crippen LogP contribution in [-0.2, 0) is 11.2 Å². The molecular weight excluding hydrogens is 452 g/mol. The Labute approximate surface area is 205 Å². The van der Waals surface area contributed by atoms with Gasteiger partial charge in [-0.05, 0) is 43.4 Å². The van der Waals surface area contributed by atoms with Gasteiger partial charge in [0.15, 0.2) is 17.3 Å². The number of hydrogen-bond acceptors (Lipinski definition) is 5. The summed E-state index contributed by atoms with van der Waals surface area (Å²) in [5.41, 5.74) is 3.62. The Morgan fingerprint density at radius 1 is 1.23 bits per heavy atom. The lowest BCUT2D eigenvalue weighted by molar-refractivity contribution is -0.120. The van der Waals surface area contributed by atoms with Gasteiger partial charge >= 0.3 is 0 Å². The molecule has 1 fully saturated rings. The number of nitrogens with one attached hydrogen (secondary N) is 1. The van der Waals surface area contributed by atoms with E-state index in [0.717, 1.165) is 11.3 Å². The van der Waals surface area contributed by atoms with Gasteiger partial charge in [-0.15, -0.1) is 0 Å². The van der Waals surface area contributed by atoms with Crippen LogP contribution in [0.15, 0.2) is 35.3 Å². The molecule has 0 saturated carbocycles. The van der Waals surface area contributed by atoms with Gasteiger partial charge in [0.25, 0.3) is 0 Å². The summed E-state index contributed by atoms with van der Waals surface area (Å²) < 4.78 is 40.1. The smallest absolute Gasteiger partial charge is 0.219 e. The van der Waals surface area contributed by atoms with Crippen molar-refractivity contribution in [2.24, 2.45) is 10.9 Å². The number of halogens is 2. The van der Waals surface area contributed by atoms with Gasteiger partial charge in [-0.1, -0.05) is 19.1 Å². The topological polar surface area (TPSA) is 63.2 Å². The second-order valence-corrected chi connectivity index (χ2v) is 9.27. The molecule has 0 spiro atoms. The summed E-state index contributed by atoms with van der Waals surface area (Å²) >= 11 is 0. The molecule has 3 unspecified atom stereocenters. The van der Waals surface area contributed by atoms with Crippen molar-refractivity contribution in [3.05, 3.63) is 52.8 Å². The third kappa shape index (κ3) is 5.11. The summed E-state index contributed by atoms with van der Waals surface area (Å²) in [6.45, 7) is 3.11. The van der Waals surface area contributed by atoms with E-state index < -0.39 is 12.0 Å². The van der Waals surface area contributed by atoms with E-state index in [1.807, 2.05) is 36.1 Å². The summed E-state index contributed by atoms with van der Waals surface area (Å²) in [6.07, 6.45) is 1.08. The molecule has 2 aromatic rings. The SMILES string of the molecule is CNC(=O)CCC1N=C(c2ccc(N3CCC(F)C3)cc2)c2cc(OC)c(OC)c(F)c2CC1C. The van der Waals surface area contributed by atoms with Crippen molar-refractivity contribution in [3.8, 4) is 11.5 Å². The third-order valence-electron chi connectivity index (χ3n) is 7.03. The molecule has 188 valence electrons. The van der Waals surface area contributed by atoms with E-state index in [2.05, 4.69) is 5.32 Å². The Hall–Kier alpha value is -3.16. The molecule has 0 radical (unpaired) electrons. The molecule has 6 nitrogen and oxygen atoms in total. The van der Waals surface area contributed by atoms with Crippen molar-refractivity contribution in [2.45, 2.75) is 44.8 Å². The van der Waals surface area contributed by atoms with Crippen molar-refractivity contribution in [1.82, 2.24) is 5.32 Å². The van der Waals surface area contributed by atoms with Gasteiger partial charge in [-0.25, -0.2) is 8.78 Å². The number of ether oxygens (including phenoxy) is 2. The number of benzene rings is 2. The van der Waals surface area contributed by atoms with Crippen LogP contribution in [0.2, 0.25) is 0 Å². The highest BCUT2D eigenvalue weighted by molar-refractivity contribution is 6.14. The van der Waals surface area contributed by atoms with Gasteiger partial charge in [0.1, 0.15) is 6.17 Å². The number of nitrogens with zero attached hydrogens (tertiary/aromatic N) is 2. The Bertz CT molecular complexity index is 1100. The van der Waals surface area contributed by atoms with Crippen LogP contribution in [0.4, 0.5) is 14.5 Å². The summed E-state index contributed by atoms with van der Waals surface area (Å²) in [5, 5.41) is 2.66. The Kier molecular flexibility index (Phi) is 7.57. The first-order valence-electron chi connectivity index (χ1n) is 12.1. The Morgan fingerprint density at radius 3 is 2.57 bits per heavy atom. The molecule has 0 aliphatic carbocycles. The minimum atomic E-state index is -0.805. The standard InChI is InChI=1S/C27H33F2N3O3/c1-16-13-20-21(14-23(34-3)27(35-4)25(20)29)26(31-22(16)9-10-24(33)30-2)17-5-7-19(8-6-17)32-12-11-18(28)15-32/h5-8,14,16,18,22H,9-13,15H2,1-4H3,(H,30,33). The fraction of sp³-hybridized carbons (Fsp3) is 0.481. The number of methoxy groups -OCH3 is 2. The van der Waals surface area contributed by atoms with E-state index in [4.69, 9.17) is 14.5 Å². The van der Waals surface area contributed by atoms with E-state index in [1.165, 1.54) is 14.2 Å². The lowest BCUT2D eigenvalue weighted by Gasteiger charge is -2.19. The fourth-order valence-corrected chi connectivity index (χ4v) is 4.99. The van der Waals surface area contributed by atoms with E-state index >= 15 is 4.39 Å². The van der Waals surface area contributed by atoms with Crippen molar-refractivity contribution < 1.29 is 23.0 Å². The molecule has 2 heterocycles. The van der Waals surface area contributed by atoms with Gasteiger partial charge in [0.05, 0.1) is 26.0 Å². The average Bonchev–Trinajstić information content (AvgIpc) is 3.25. The number of carbonyl (C=O) groups is 1. The molecule has 2 aliphatic heterocycles. The predicted molar refractivity (Wildman–Crippen MR) is 133 cm³/mol. The second kappa shape index (κ2) is 10.6. The average molecular weight is 486 g/mol. The van der Waals surface area contributed by atoms with Crippen LogP contribution in [0.3, 0.4) is 0 Å². The quantitative estimate of drug-likeness (QED) is 0.635. The first-order chi connectivity index (χ1) is 16.9. The van der Waals surface area contributed by atoms with Gasteiger partial charge in [0.2, 0.25) is 5.91 Å². The van der Waals surface area contributed by atoms with E-state index in [9.17, 15) is 9.18 Å². The van der Waals surface area contributed by atoms with Gasteiger partial charge < -0.3 is 19.7 Å². The summed E-state index contributed by atoms with van der Waals surface area (Å²) in [6, 6.07) is 9.43. The number of alkyl halides is 1. The predicted octanol–water partition coefficient (Wildman–Crippen LogP) is 4.32. The molecule has 0 aromatic heterocycles. The minimum absolute atomic E-state index is 0.00821. The molecular formula is C27H33F2N3O3. The van der Waals surface area contributed by atoms with Crippen LogP contribution in [0.25, 0.3) is 0 Å². The van der Waals surface area contributed by atoms with Crippen molar-refractivity contribution in [2.75, 3.05) is 39.3 Å². The van der Waals surface area contributed by atoms with Crippen LogP contribution < -0.4 is 19.7 Å². The lowest BCUT2D eigenvalue weighted by atomic mass is 9.89. The molecule has 1 N–H and O–H groups in total. The van der Waals surface area contributed by atoms with Crippen LogP contribution in [0.5, 0.6) is 11.5 Å². The monoisotopic (exact) mass is 485 g/mol. The zero-order valence-electron chi connectivity index (χ0n) is 20.7. The highest BCUT2D eigenvalue weighted by Crippen LogP contribution is 2.39. The second-order valence-electron chi connectivity index (χ2n) is 9.27. The molecule has 3 atom stereocenters. The molecule has 35 heavy (non-hydrogen) atoms. The number of rotatable bonds is 7. The largest absolute Gasteiger partial charge is 0.493 e. The van der Waals surface area contributed by atoms with Crippen LogP contribution in [0.1, 0.15) is 42.9 Å². The summed E-state index contributed by atoms with van der Waals surface area (Å²) in [4.78, 5) is 19.1. The van der Waals surface area contributed by atoms with Crippen LogP contribution in [0, 0.1) is 11.7 Å². The summed E-state index contributed by atoms with van der Waals surface area (Å²) in [5.74, 6) is -0.112. The zero-order valence-corrected chi connectivity index (χ0v) is 20.7.